The third-order valence-electron chi connectivity index (χ3n) is 2.24. The van der Waals surface area contributed by atoms with Crippen molar-refractivity contribution in [1.82, 2.24) is 4.84 Å². The van der Waals surface area contributed by atoms with Crippen molar-refractivity contribution in [3.8, 4) is 0 Å². The molecule has 2 N–H and O–H groups in total. The highest BCUT2D eigenvalue weighted by molar-refractivity contribution is 6.13. The van der Waals surface area contributed by atoms with Crippen molar-refractivity contribution in [2.45, 2.75) is 37.8 Å². The summed E-state index contributed by atoms with van der Waals surface area (Å²) in [6.45, 7) is 0.273. The van der Waals surface area contributed by atoms with Crippen molar-refractivity contribution in [2.75, 3.05) is 6.61 Å². The molecule has 0 spiro atoms. The van der Waals surface area contributed by atoms with Crippen LogP contribution in [0.2, 0.25) is 0 Å². The Morgan fingerprint density at radius 2 is 2.38 bits per heavy atom. The Bertz CT molecular complexity index is 177. The van der Waals surface area contributed by atoms with Crippen LogP contribution in [0, 0.1) is 0 Å². The average Bonchev–Trinajstić information content (AvgIpc) is 2.51. The lowest BCUT2D eigenvalue weighted by atomic mass is 10.2. The van der Waals surface area contributed by atoms with E-state index in [1.165, 1.54) is 0 Å². The molecule has 0 unspecified atom stereocenters. The van der Waals surface area contributed by atoms with Gasteiger partial charge in [0.15, 0.2) is 0 Å². The van der Waals surface area contributed by atoms with Gasteiger partial charge in [-0.2, -0.15) is 0 Å². The fourth-order valence-corrected chi connectivity index (χ4v) is 1.80. The summed E-state index contributed by atoms with van der Waals surface area (Å²) < 4.78 is 5.39. The Morgan fingerprint density at radius 1 is 1.62 bits per heavy atom. The second-order valence-electron chi connectivity index (χ2n) is 3.20. The minimum atomic E-state index is -0.826. The molecule has 1 rings (SSSR count). The van der Waals surface area contributed by atoms with Crippen LogP contribution in [0.1, 0.15) is 25.7 Å². The van der Waals surface area contributed by atoms with E-state index in [1.54, 1.807) is 0 Å². The fraction of sp³-hybridized carbons (Fsp3) is 0.875. The molecule has 76 valence electrons. The summed E-state index contributed by atoms with van der Waals surface area (Å²) in [5.74, 6) is -0.826. The molecule has 0 aromatic heterocycles. The topological polar surface area (TPSA) is 58.6 Å². The SMILES string of the molecule is O=C(O)CCO[C@H]1CCC[C@@H]1NCl. The van der Waals surface area contributed by atoms with Gasteiger partial charge in [0.2, 0.25) is 0 Å². The van der Waals surface area contributed by atoms with E-state index in [0.717, 1.165) is 19.3 Å². The maximum Gasteiger partial charge on any atom is 0.305 e. The van der Waals surface area contributed by atoms with Gasteiger partial charge in [-0.25, -0.2) is 4.84 Å². The van der Waals surface area contributed by atoms with E-state index in [0.29, 0.717) is 0 Å². The lowest BCUT2D eigenvalue weighted by Crippen LogP contribution is -2.32. The number of aliphatic carboxylic acids is 1. The Morgan fingerprint density at radius 3 is 3.00 bits per heavy atom. The molecule has 1 fully saturated rings. The molecule has 4 nitrogen and oxygen atoms in total. The molecule has 2 atom stereocenters. The first-order chi connectivity index (χ1) is 6.24. The number of hydrogen-bond donors (Lipinski definition) is 2. The molecule has 0 heterocycles. The van der Waals surface area contributed by atoms with Crippen molar-refractivity contribution < 1.29 is 14.6 Å². The normalized spacial score (nSPS) is 27.8. The van der Waals surface area contributed by atoms with Crippen molar-refractivity contribution >= 4 is 17.7 Å². The first-order valence-electron chi connectivity index (χ1n) is 4.43. The van der Waals surface area contributed by atoms with Gasteiger partial charge in [-0.1, -0.05) is 0 Å². The van der Waals surface area contributed by atoms with E-state index in [-0.39, 0.29) is 25.2 Å². The molecule has 0 bridgehead atoms. The summed E-state index contributed by atoms with van der Waals surface area (Å²) in [4.78, 5) is 12.9. The quantitative estimate of drug-likeness (QED) is 0.664. The van der Waals surface area contributed by atoms with Crippen LogP contribution >= 0.6 is 11.8 Å². The van der Waals surface area contributed by atoms with Crippen molar-refractivity contribution in [3.05, 3.63) is 0 Å². The van der Waals surface area contributed by atoms with Gasteiger partial charge in [0.05, 0.1) is 19.1 Å². The number of carboxylic acid groups (broad SMARTS) is 1. The Balaban J connectivity index is 2.16. The fourth-order valence-electron chi connectivity index (χ4n) is 1.55. The molecule has 0 aromatic carbocycles. The zero-order valence-corrected chi connectivity index (χ0v) is 8.09. The smallest absolute Gasteiger partial charge is 0.305 e. The van der Waals surface area contributed by atoms with E-state index in [9.17, 15) is 4.79 Å². The standard InChI is InChI=1S/C8H14ClNO3/c9-10-6-2-1-3-7(6)13-5-4-8(11)12/h6-7,10H,1-5H2,(H,11,12)/t6-,7-/m0/s1. The highest BCUT2D eigenvalue weighted by Crippen LogP contribution is 2.22. The zero-order valence-electron chi connectivity index (χ0n) is 7.33. The monoisotopic (exact) mass is 207 g/mol. The number of ether oxygens (including phenoxy) is 1. The number of rotatable bonds is 5. The molecule has 0 radical (unpaired) electrons. The number of carbonyl (C=O) groups is 1. The van der Waals surface area contributed by atoms with Crippen LogP contribution in [0.4, 0.5) is 0 Å². The first kappa shape index (κ1) is 10.8. The second kappa shape index (κ2) is 5.42. The molecule has 0 aromatic rings. The maximum atomic E-state index is 10.2. The number of nitrogens with one attached hydrogen (secondary N) is 1. The number of hydrogen-bond acceptors (Lipinski definition) is 3. The molecule has 13 heavy (non-hydrogen) atoms. The molecule has 0 aliphatic heterocycles. The minimum Gasteiger partial charge on any atom is -0.481 e. The molecule has 1 aliphatic carbocycles. The molecule has 1 aliphatic rings. The zero-order chi connectivity index (χ0) is 9.68. The van der Waals surface area contributed by atoms with Crippen LogP contribution in [0.15, 0.2) is 0 Å². The molecular weight excluding hydrogens is 194 g/mol. The van der Waals surface area contributed by atoms with Crippen molar-refractivity contribution in [2.24, 2.45) is 0 Å². The molecular formula is C8H14ClNO3. The van der Waals surface area contributed by atoms with Gasteiger partial charge in [0, 0.05) is 6.04 Å². The van der Waals surface area contributed by atoms with E-state index in [1.807, 2.05) is 0 Å². The summed E-state index contributed by atoms with van der Waals surface area (Å²) in [6.07, 6.45) is 3.19. The Kier molecular flexibility index (Phi) is 4.48. The second-order valence-corrected chi connectivity index (χ2v) is 3.42. The van der Waals surface area contributed by atoms with Crippen molar-refractivity contribution in [1.29, 1.82) is 0 Å². The third-order valence-corrected chi connectivity index (χ3v) is 2.52. The van der Waals surface area contributed by atoms with Crippen LogP contribution in [0.25, 0.3) is 0 Å². The van der Waals surface area contributed by atoms with Gasteiger partial charge < -0.3 is 9.84 Å². The van der Waals surface area contributed by atoms with E-state index >= 15 is 0 Å². The number of carboxylic acids is 1. The predicted octanol–water partition coefficient (Wildman–Crippen LogP) is 1.14. The Labute approximate surface area is 82.3 Å². The summed E-state index contributed by atoms with van der Waals surface area (Å²) >= 11 is 5.50. The predicted molar refractivity (Wildman–Crippen MR) is 48.6 cm³/mol. The first-order valence-corrected chi connectivity index (χ1v) is 4.81. The minimum absolute atomic E-state index is 0.0610. The van der Waals surface area contributed by atoms with Gasteiger partial charge in [-0.05, 0) is 31.0 Å². The van der Waals surface area contributed by atoms with E-state index in [4.69, 9.17) is 21.6 Å². The maximum absolute atomic E-state index is 10.2. The lowest BCUT2D eigenvalue weighted by Gasteiger charge is -2.17. The van der Waals surface area contributed by atoms with Crippen LogP contribution in [0.3, 0.4) is 0 Å². The van der Waals surface area contributed by atoms with Crippen LogP contribution < -0.4 is 4.84 Å². The van der Waals surface area contributed by atoms with Crippen LogP contribution in [-0.4, -0.2) is 29.8 Å². The van der Waals surface area contributed by atoms with Gasteiger partial charge in [0.25, 0.3) is 0 Å². The molecule has 5 heteroatoms. The molecule has 0 amide bonds. The third kappa shape index (κ3) is 3.50. The molecule has 0 saturated heterocycles. The van der Waals surface area contributed by atoms with E-state index < -0.39 is 5.97 Å². The average molecular weight is 208 g/mol. The highest BCUT2D eigenvalue weighted by atomic mass is 35.5. The highest BCUT2D eigenvalue weighted by Gasteiger charge is 2.27. The summed E-state index contributed by atoms with van der Waals surface area (Å²) in [5.41, 5.74) is 0. The largest absolute Gasteiger partial charge is 0.481 e. The lowest BCUT2D eigenvalue weighted by molar-refractivity contribution is -0.138. The van der Waals surface area contributed by atoms with Crippen LogP contribution in [0.5, 0.6) is 0 Å². The number of halogens is 1. The molecule has 1 saturated carbocycles. The summed E-state index contributed by atoms with van der Waals surface area (Å²) in [6, 6.07) is 0.176. The van der Waals surface area contributed by atoms with Crippen LogP contribution in [-0.2, 0) is 9.53 Å². The summed E-state index contributed by atoms with van der Waals surface area (Å²) in [5, 5.41) is 8.39. The van der Waals surface area contributed by atoms with Gasteiger partial charge >= 0.3 is 5.97 Å². The van der Waals surface area contributed by atoms with Crippen molar-refractivity contribution in [3.63, 3.8) is 0 Å². The van der Waals surface area contributed by atoms with E-state index in [2.05, 4.69) is 4.84 Å². The Hall–Kier alpha value is -0.320. The van der Waals surface area contributed by atoms with Gasteiger partial charge in [-0.15, -0.1) is 0 Å². The van der Waals surface area contributed by atoms with Gasteiger partial charge in [-0.3, -0.25) is 4.79 Å². The summed E-state index contributed by atoms with van der Waals surface area (Å²) in [7, 11) is 0. The van der Waals surface area contributed by atoms with Gasteiger partial charge in [0.1, 0.15) is 0 Å².